The van der Waals surface area contributed by atoms with E-state index >= 15 is 0 Å². The summed E-state index contributed by atoms with van der Waals surface area (Å²) < 4.78 is 10.6. The van der Waals surface area contributed by atoms with Crippen molar-refractivity contribution >= 4 is 23.5 Å². The third-order valence-corrected chi connectivity index (χ3v) is 5.50. The highest BCUT2D eigenvalue weighted by Gasteiger charge is 2.33. The Balaban J connectivity index is 1.27. The number of rotatable bonds is 5. The van der Waals surface area contributed by atoms with E-state index in [4.69, 9.17) is 9.15 Å². The Hall–Kier alpha value is -3.49. The maximum absolute atomic E-state index is 12.7. The summed E-state index contributed by atoms with van der Waals surface area (Å²) in [4.78, 5) is 42.5. The Morgan fingerprint density at radius 1 is 1.10 bits per heavy atom. The summed E-state index contributed by atoms with van der Waals surface area (Å²) in [7, 11) is 0. The van der Waals surface area contributed by atoms with Gasteiger partial charge >= 0.3 is 6.03 Å². The van der Waals surface area contributed by atoms with Crippen molar-refractivity contribution in [2.24, 2.45) is 0 Å². The van der Waals surface area contributed by atoms with Crippen LogP contribution in [0.4, 0.5) is 10.5 Å². The molecule has 2 aliphatic heterocycles. The lowest BCUT2D eigenvalue weighted by Gasteiger charge is -2.34. The molecular formula is C22H26N4O5. The molecule has 0 bridgehead atoms. The van der Waals surface area contributed by atoms with Gasteiger partial charge in [0.2, 0.25) is 5.91 Å². The molecule has 2 aliphatic rings. The average Bonchev–Trinajstić information content (AvgIpc) is 3.44. The zero-order chi connectivity index (χ0) is 21.8. The fourth-order valence-electron chi connectivity index (χ4n) is 3.88. The summed E-state index contributed by atoms with van der Waals surface area (Å²) in [6.07, 6.45) is 1.73. The van der Waals surface area contributed by atoms with E-state index in [2.05, 4.69) is 5.32 Å². The molecule has 4 rings (SSSR count). The minimum Gasteiger partial charge on any atom is -0.494 e. The fourth-order valence-corrected chi connectivity index (χ4v) is 3.88. The van der Waals surface area contributed by atoms with Crippen LogP contribution in [-0.2, 0) is 4.79 Å². The summed E-state index contributed by atoms with van der Waals surface area (Å²) in [6.45, 7) is 4.67. The number of urea groups is 1. The topological polar surface area (TPSA) is 95.3 Å². The first-order valence-corrected chi connectivity index (χ1v) is 10.5. The predicted octanol–water partition coefficient (Wildman–Crippen LogP) is 1.95. The van der Waals surface area contributed by atoms with Crippen LogP contribution in [0.15, 0.2) is 47.1 Å². The van der Waals surface area contributed by atoms with Crippen molar-refractivity contribution in [1.82, 2.24) is 15.1 Å². The quantitative estimate of drug-likeness (QED) is 0.789. The second-order valence-corrected chi connectivity index (χ2v) is 7.54. The zero-order valence-corrected chi connectivity index (χ0v) is 17.5. The summed E-state index contributed by atoms with van der Waals surface area (Å²) in [5, 5.41) is 2.96. The smallest absolute Gasteiger partial charge is 0.317 e. The lowest BCUT2D eigenvalue weighted by molar-refractivity contribution is -0.117. The van der Waals surface area contributed by atoms with Crippen molar-refractivity contribution in [2.75, 3.05) is 44.2 Å². The number of amides is 4. The van der Waals surface area contributed by atoms with Gasteiger partial charge < -0.3 is 29.2 Å². The van der Waals surface area contributed by atoms with Gasteiger partial charge in [-0.15, -0.1) is 0 Å². The van der Waals surface area contributed by atoms with Crippen molar-refractivity contribution in [3.63, 3.8) is 0 Å². The molecule has 1 aromatic heterocycles. The van der Waals surface area contributed by atoms with Gasteiger partial charge in [-0.05, 0) is 43.3 Å². The molecule has 31 heavy (non-hydrogen) atoms. The maximum atomic E-state index is 12.7. The van der Waals surface area contributed by atoms with Crippen molar-refractivity contribution < 1.29 is 23.5 Å². The van der Waals surface area contributed by atoms with E-state index in [0.29, 0.717) is 45.1 Å². The van der Waals surface area contributed by atoms with Crippen LogP contribution < -0.4 is 15.0 Å². The Bertz CT molecular complexity index is 920. The van der Waals surface area contributed by atoms with Gasteiger partial charge in [0.25, 0.3) is 5.91 Å². The van der Waals surface area contributed by atoms with E-state index in [0.717, 1.165) is 11.4 Å². The monoisotopic (exact) mass is 426 g/mol. The molecule has 3 heterocycles. The van der Waals surface area contributed by atoms with Gasteiger partial charge in [-0.2, -0.15) is 0 Å². The Morgan fingerprint density at radius 3 is 2.45 bits per heavy atom. The molecule has 164 valence electrons. The van der Waals surface area contributed by atoms with E-state index in [1.165, 1.54) is 6.26 Å². The first-order chi connectivity index (χ1) is 15.0. The number of ether oxygens (including phenoxy) is 1. The molecule has 0 spiro atoms. The van der Waals surface area contributed by atoms with Gasteiger partial charge in [-0.3, -0.25) is 9.59 Å². The van der Waals surface area contributed by atoms with E-state index in [1.807, 2.05) is 31.2 Å². The molecule has 0 aliphatic carbocycles. The van der Waals surface area contributed by atoms with E-state index < -0.39 is 0 Å². The Morgan fingerprint density at radius 2 is 1.81 bits per heavy atom. The van der Waals surface area contributed by atoms with Crippen molar-refractivity contribution in [3.05, 3.63) is 48.4 Å². The lowest BCUT2D eigenvalue weighted by atomic mass is 10.2. The van der Waals surface area contributed by atoms with Crippen LogP contribution in [0.1, 0.15) is 23.9 Å². The first kappa shape index (κ1) is 20.8. The summed E-state index contributed by atoms with van der Waals surface area (Å²) in [5.41, 5.74) is 0.787. The zero-order valence-electron chi connectivity index (χ0n) is 17.5. The number of carbonyl (C=O) groups excluding carboxylic acids is 3. The highest BCUT2D eigenvalue weighted by Crippen LogP contribution is 2.24. The average molecular weight is 426 g/mol. The maximum Gasteiger partial charge on any atom is 0.317 e. The van der Waals surface area contributed by atoms with Gasteiger partial charge in [0.15, 0.2) is 5.76 Å². The van der Waals surface area contributed by atoms with Gasteiger partial charge in [-0.1, -0.05) is 0 Å². The molecule has 9 heteroatoms. The third-order valence-electron chi connectivity index (χ3n) is 5.50. The highest BCUT2D eigenvalue weighted by molar-refractivity contribution is 5.97. The third kappa shape index (κ3) is 4.65. The van der Waals surface area contributed by atoms with Crippen LogP contribution in [0, 0.1) is 0 Å². The van der Waals surface area contributed by atoms with E-state index in [-0.39, 0.29) is 30.3 Å². The van der Waals surface area contributed by atoms with Gasteiger partial charge in [0.05, 0.1) is 18.9 Å². The second kappa shape index (κ2) is 9.11. The number of hydrogen-bond donors (Lipinski definition) is 1. The van der Waals surface area contributed by atoms with Gasteiger partial charge in [0, 0.05) is 44.8 Å². The molecule has 9 nitrogen and oxygen atoms in total. The van der Waals surface area contributed by atoms with Crippen LogP contribution >= 0.6 is 0 Å². The van der Waals surface area contributed by atoms with Crippen molar-refractivity contribution in [1.29, 1.82) is 0 Å². The minimum absolute atomic E-state index is 0.0247. The number of piperazine rings is 1. The normalized spacial score (nSPS) is 18.9. The highest BCUT2D eigenvalue weighted by atomic mass is 16.5. The largest absolute Gasteiger partial charge is 0.494 e. The fraction of sp³-hybridized carbons (Fsp3) is 0.409. The van der Waals surface area contributed by atoms with Gasteiger partial charge in [-0.25, -0.2) is 4.79 Å². The summed E-state index contributed by atoms with van der Waals surface area (Å²) >= 11 is 0. The molecule has 0 radical (unpaired) electrons. The van der Waals surface area contributed by atoms with Gasteiger partial charge in [0.1, 0.15) is 5.75 Å². The molecule has 2 fully saturated rings. The van der Waals surface area contributed by atoms with Crippen LogP contribution in [0.3, 0.4) is 0 Å². The van der Waals surface area contributed by atoms with Crippen LogP contribution in [0.25, 0.3) is 0 Å². The van der Waals surface area contributed by atoms with Crippen LogP contribution in [0.2, 0.25) is 0 Å². The van der Waals surface area contributed by atoms with Crippen molar-refractivity contribution in [3.8, 4) is 5.75 Å². The molecule has 1 N–H and O–H groups in total. The molecule has 2 aromatic rings. The SMILES string of the molecule is CCOc1ccc(N2CC(NC(=O)N3CCN(C(=O)c4ccco4)CC3)CC2=O)cc1. The molecular weight excluding hydrogens is 400 g/mol. The summed E-state index contributed by atoms with van der Waals surface area (Å²) in [6, 6.07) is 10.2. The molecule has 1 atom stereocenters. The lowest BCUT2D eigenvalue weighted by Crippen LogP contribution is -2.54. The standard InChI is InChI=1S/C22H26N4O5/c1-2-30-18-7-5-17(6-8-18)26-15-16(14-20(26)27)23-22(29)25-11-9-24(10-12-25)21(28)19-4-3-13-31-19/h3-8,13,16H,2,9-12,14-15H2,1H3,(H,23,29). The number of carbonyl (C=O) groups is 3. The second-order valence-electron chi connectivity index (χ2n) is 7.54. The Kier molecular flexibility index (Phi) is 6.11. The number of hydrogen-bond acceptors (Lipinski definition) is 5. The molecule has 1 unspecified atom stereocenters. The molecule has 1 aromatic carbocycles. The number of furan rings is 1. The minimum atomic E-state index is -0.255. The van der Waals surface area contributed by atoms with E-state index in [9.17, 15) is 14.4 Å². The number of nitrogens with one attached hydrogen (secondary N) is 1. The van der Waals surface area contributed by atoms with Crippen LogP contribution in [0.5, 0.6) is 5.75 Å². The Labute approximate surface area is 180 Å². The van der Waals surface area contributed by atoms with E-state index in [1.54, 1.807) is 26.8 Å². The van der Waals surface area contributed by atoms with Crippen LogP contribution in [-0.4, -0.2) is 73.0 Å². The first-order valence-electron chi connectivity index (χ1n) is 10.5. The molecule has 4 amide bonds. The molecule has 0 saturated carbocycles. The van der Waals surface area contributed by atoms with Crippen molar-refractivity contribution in [2.45, 2.75) is 19.4 Å². The predicted molar refractivity (Wildman–Crippen MR) is 113 cm³/mol. The molecule has 2 saturated heterocycles. The number of benzene rings is 1. The summed E-state index contributed by atoms with van der Waals surface area (Å²) in [5.74, 6) is 0.866. The number of nitrogens with zero attached hydrogens (tertiary/aromatic N) is 3. The number of anilines is 1.